The first-order chi connectivity index (χ1) is 15.9. The molecule has 0 aliphatic heterocycles. The van der Waals surface area contributed by atoms with Crippen LogP contribution in [0, 0.1) is 24.7 Å². The monoisotopic (exact) mass is 444 g/mol. The molecule has 2 aromatic carbocycles. The summed E-state index contributed by atoms with van der Waals surface area (Å²) in [6.45, 7) is 3.50. The van der Waals surface area contributed by atoms with E-state index in [0.29, 0.717) is 24.2 Å². The van der Waals surface area contributed by atoms with E-state index in [2.05, 4.69) is 22.3 Å². The van der Waals surface area contributed by atoms with Gasteiger partial charge in [0.15, 0.2) is 0 Å². The molecule has 0 fully saturated rings. The molecule has 33 heavy (non-hydrogen) atoms. The zero-order valence-corrected chi connectivity index (χ0v) is 18.4. The third-order valence-corrected chi connectivity index (χ3v) is 5.75. The van der Waals surface area contributed by atoms with E-state index in [4.69, 9.17) is 9.26 Å². The van der Waals surface area contributed by atoms with Gasteiger partial charge in [-0.25, -0.2) is 4.79 Å². The van der Waals surface area contributed by atoms with Crippen LogP contribution in [-0.4, -0.2) is 22.3 Å². The number of rotatable bonds is 4. The molecule has 4 rings (SSSR count). The number of aliphatic carboxylic acids is 1. The third-order valence-electron chi connectivity index (χ3n) is 5.75. The van der Waals surface area contributed by atoms with Crippen molar-refractivity contribution in [3.63, 3.8) is 0 Å². The lowest BCUT2D eigenvalue weighted by Gasteiger charge is -2.21. The van der Waals surface area contributed by atoms with Crippen LogP contribution in [0.1, 0.15) is 53.2 Å². The zero-order chi connectivity index (χ0) is 23.4. The second-order valence-corrected chi connectivity index (χ2v) is 8.07. The number of benzene rings is 2. The Bertz CT molecular complexity index is 1240. The number of fused-ring (bicyclic) bond motifs is 1. The van der Waals surface area contributed by atoms with Gasteiger partial charge in [0.1, 0.15) is 17.5 Å². The maximum absolute atomic E-state index is 12.4. The highest BCUT2D eigenvalue weighted by Gasteiger charge is 2.24. The number of carbonyl (C=O) groups is 2. The quantitative estimate of drug-likeness (QED) is 0.556. The van der Waals surface area contributed by atoms with Gasteiger partial charge in [-0.15, -0.1) is 0 Å². The van der Waals surface area contributed by atoms with Gasteiger partial charge >= 0.3 is 12.1 Å². The van der Waals surface area contributed by atoms with Gasteiger partial charge in [0, 0.05) is 5.56 Å². The molecule has 0 radical (unpaired) electrons. The molecular weight excluding hydrogens is 420 g/mol. The normalized spacial score (nSPS) is 15.5. The number of hydrogen-bond acceptors (Lipinski definition) is 5. The van der Waals surface area contributed by atoms with Crippen molar-refractivity contribution < 1.29 is 24.0 Å². The molecule has 1 aliphatic rings. The number of anilines is 1. The van der Waals surface area contributed by atoms with Crippen LogP contribution in [0.5, 0.6) is 0 Å². The lowest BCUT2D eigenvalue weighted by molar-refractivity contribution is -0.142. The summed E-state index contributed by atoms with van der Waals surface area (Å²) in [5, 5.41) is 15.9. The Labute approximate surface area is 191 Å². The summed E-state index contributed by atoms with van der Waals surface area (Å²) < 4.78 is 10.8. The van der Waals surface area contributed by atoms with Crippen LogP contribution in [-0.2, 0) is 22.4 Å². The largest absolute Gasteiger partial charge is 0.481 e. The molecule has 2 unspecified atom stereocenters. The Hall–Kier alpha value is -4.05. The minimum Gasteiger partial charge on any atom is -0.481 e. The van der Waals surface area contributed by atoms with Gasteiger partial charge in [-0.05, 0) is 67.9 Å². The molecule has 1 aromatic heterocycles. The average Bonchev–Trinajstić information content (AvgIpc) is 3.16. The number of aryl methyl sites for hydroxylation is 2. The average molecular weight is 444 g/mol. The lowest BCUT2D eigenvalue weighted by Crippen LogP contribution is -2.22. The van der Waals surface area contributed by atoms with Crippen molar-refractivity contribution in [2.75, 3.05) is 5.32 Å². The van der Waals surface area contributed by atoms with Crippen LogP contribution in [0.3, 0.4) is 0 Å². The summed E-state index contributed by atoms with van der Waals surface area (Å²) in [6, 6.07) is 15.2. The van der Waals surface area contributed by atoms with Crippen molar-refractivity contribution in [3.05, 3.63) is 82.2 Å². The summed E-state index contributed by atoms with van der Waals surface area (Å²) in [5.41, 5.74) is 4.62. The number of nitrogens with zero attached hydrogens (tertiary/aromatic N) is 1. The molecule has 1 aliphatic carbocycles. The predicted octanol–water partition coefficient (Wildman–Crippen LogP) is 4.88. The van der Waals surface area contributed by atoms with Gasteiger partial charge in [-0.3, -0.25) is 10.1 Å². The number of carbonyl (C=O) groups excluding carboxylic acids is 1. The predicted molar refractivity (Wildman–Crippen MR) is 122 cm³/mol. The Morgan fingerprint density at radius 1 is 1.18 bits per heavy atom. The fourth-order valence-corrected chi connectivity index (χ4v) is 3.86. The second-order valence-electron chi connectivity index (χ2n) is 8.07. The number of nitrogens with one attached hydrogen (secondary N) is 1. The van der Waals surface area contributed by atoms with Gasteiger partial charge in [0.05, 0.1) is 5.92 Å². The summed E-state index contributed by atoms with van der Waals surface area (Å²) in [7, 11) is 0. The van der Waals surface area contributed by atoms with E-state index in [1.807, 2.05) is 48.5 Å². The van der Waals surface area contributed by atoms with Crippen LogP contribution in [0.2, 0.25) is 0 Å². The molecule has 0 bridgehead atoms. The van der Waals surface area contributed by atoms with Crippen molar-refractivity contribution in [2.45, 2.75) is 39.2 Å². The van der Waals surface area contributed by atoms with Crippen molar-refractivity contribution in [1.82, 2.24) is 5.16 Å². The summed E-state index contributed by atoms with van der Waals surface area (Å²) in [5.74, 6) is 5.03. The number of amides is 1. The molecule has 2 atom stereocenters. The molecule has 168 valence electrons. The first-order valence-electron chi connectivity index (χ1n) is 10.8. The number of carboxylic acids is 1. The van der Waals surface area contributed by atoms with Crippen LogP contribution in [0.15, 0.2) is 53.1 Å². The van der Waals surface area contributed by atoms with Gasteiger partial charge in [0.25, 0.3) is 0 Å². The van der Waals surface area contributed by atoms with E-state index in [1.54, 1.807) is 13.8 Å². The fraction of sp³-hybridized carbons (Fsp3) is 0.269. The van der Waals surface area contributed by atoms with E-state index in [1.165, 1.54) is 0 Å². The standard InChI is InChI=1S/C26H24N2O5/c1-16-24(27-26(31)32-17(2)19-6-4-3-5-7-19)23(33-28-16)13-9-18-8-10-20-11-12-21(25(29)30)15-22(20)14-18/h3-8,10,14,17,21H,11-12,15H2,1-2H3,(H,27,31)(H,29,30). The van der Waals surface area contributed by atoms with Crippen molar-refractivity contribution >= 4 is 17.7 Å². The molecule has 7 heteroatoms. The molecule has 2 N–H and O–H groups in total. The maximum Gasteiger partial charge on any atom is 0.412 e. The highest BCUT2D eigenvalue weighted by atomic mass is 16.6. The Morgan fingerprint density at radius 3 is 2.73 bits per heavy atom. The van der Waals surface area contributed by atoms with Gasteiger partial charge in [-0.2, -0.15) is 0 Å². The van der Waals surface area contributed by atoms with E-state index in [-0.39, 0.29) is 11.7 Å². The number of carboxylic acid groups (broad SMARTS) is 1. The van der Waals surface area contributed by atoms with Crippen molar-refractivity contribution in [3.8, 4) is 11.8 Å². The fourth-order valence-electron chi connectivity index (χ4n) is 3.86. The molecule has 1 amide bonds. The van der Waals surface area contributed by atoms with E-state index < -0.39 is 18.2 Å². The smallest absolute Gasteiger partial charge is 0.412 e. The number of ether oxygens (including phenoxy) is 1. The van der Waals surface area contributed by atoms with Crippen LogP contribution >= 0.6 is 0 Å². The molecule has 3 aromatic rings. The minimum atomic E-state index is -0.765. The molecule has 1 heterocycles. The molecular formula is C26H24N2O5. The van der Waals surface area contributed by atoms with Crippen LogP contribution in [0.4, 0.5) is 10.5 Å². The molecule has 7 nitrogen and oxygen atoms in total. The van der Waals surface area contributed by atoms with Crippen molar-refractivity contribution in [1.29, 1.82) is 0 Å². The highest BCUT2D eigenvalue weighted by molar-refractivity contribution is 5.87. The van der Waals surface area contributed by atoms with Crippen LogP contribution < -0.4 is 5.32 Å². The minimum absolute atomic E-state index is 0.220. The van der Waals surface area contributed by atoms with Crippen molar-refractivity contribution in [2.24, 2.45) is 5.92 Å². The molecule has 0 saturated heterocycles. The number of aromatic nitrogens is 1. The highest BCUT2D eigenvalue weighted by Crippen LogP contribution is 2.27. The molecule has 0 saturated carbocycles. The Balaban J connectivity index is 1.48. The maximum atomic E-state index is 12.4. The lowest BCUT2D eigenvalue weighted by atomic mass is 9.83. The Kier molecular flexibility index (Phi) is 6.45. The second kappa shape index (κ2) is 9.61. The third kappa shape index (κ3) is 5.24. The van der Waals surface area contributed by atoms with Crippen LogP contribution in [0.25, 0.3) is 0 Å². The zero-order valence-electron chi connectivity index (χ0n) is 18.4. The van der Waals surface area contributed by atoms with Gasteiger partial charge in [0.2, 0.25) is 5.76 Å². The molecule has 0 spiro atoms. The summed E-state index contributed by atoms with van der Waals surface area (Å²) in [4.78, 5) is 23.8. The van der Waals surface area contributed by atoms with E-state index >= 15 is 0 Å². The first-order valence-corrected chi connectivity index (χ1v) is 10.8. The summed E-state index contributed by atoms with van der Waals surface area (Å²) >= 11 is 0. The van der Waals surface area contributed by atoms with E-state index in [0.717, 1.165) is 28.7 Å². The SMILES string of the molecule is Cc1noc(C#Cc2ccc3c(c2)CC(C(=O)O)CC3)c1NC(=O)OC(C)c1ccccc1. The van der Waals surface area contributed by atoms with E-state index in [9.17, 15) is 14.7 Å². The van der Waals surface area contributed by atoms with Gasteiger partial charge in [-0.1, -0.05) is 47.5 Å². The first kappa shape index (κ1) is 22.2. The number of hydrogen-bond donors (Lipinski definition) is 2. The topological polar surface area (TPSA) is 102 Å². The Morgan fingerprint density at radius 2 is 1.97 bits per heavy atom. The van der Waals surface area contributed by atoms with Gasteiger partial charge < -0.3 is 14.4 Å². The summed E-state index contributed by atoms with van der Waals surface area (Å²) in [6.07, 6.45) is 0.845.